The summed E-state index contributed by atoms with van der Waals surface area (Å²) in [4.78, 5) is 6.77. The van der Waals surface area contributed by atoms with E-state index in [1.54, 1.807) is 0 Å². The minimum atomic E-state index is 0.0160. The van der Waals surface area contributed by atoms with Crippen LogP contribution in [0.2, 0.25) is 0 Å². The summed E-state index contributed by atoms with van der Waals surface area (Å²) in [7, 11) is 0. The highest BCUT2D eigenvalue weighted by atomic mass is 16.3. The maximum Gasteiger partial charge on any atom is 0.129 e. The summed E-state index contributed by atoms with van der Waals surface area (Å²) in [6.45, 7) is 5.57. The van der Waals surface area contributed by atoms with E-state index in [2.05, 4.69) is 23.7 Å². The van der Waals surface area contributed by atoms with E-state index in [1.165, 1.54) is 12.8 Å². The zero-order valence-electron chi connectivity index (χ0n) is 9.40. The molecule has 0 bridgehead atoms. The molecule has 1 saturated heterocycles. The fourth-order valence-electron chi connectivity index (χ4n) is 2.24. The molecule has 1 aliphatic rings. The lowest BCUT2D eigenvalue weighted by molar-refractivity contribution is 0.277. The van der Waals surface area contributed by atoms with Gasteiger partial charge in [0.25, 0.3) is 0 Å². The molecule has 0 atom stereocenters. The Morgan fingerprint density at radius 2 is 2.27 bits per heavy atom. The van der Waals surface area contributed by atoms with Crippen LogP contribution in [-0.2, 0) is 6.61 Å². The van der Waals surface area contributed by atoms with Gasteiger partial charge in [0.15, 0.2) is 0 Å². The summed E-state index contributed by atoms with van der Waals surface area (Å²) in [6.07, 6.45) is 2.43. The Labute approximate surface area is 90.8 Å². The number of aliphatic hydroxyl groups is 1. The van der Waals surface area contributed by atoms with Crippen LogP contribution in [0.3, 0.4) is 0 Å². The number of aliphatic hydroxyl groups excluding tert-OH is 1. The van der Waals surface area contributed by atoms with Crippen LogP contribution < -0.4 is 4.90 Å². The van der Waals surface area contributed by atoms with E-state index in [9.17, 15) is 0 Å². The molecule has 2 rings (SSSR count). The maximum atomic E-state index is 9.05. The van der Waals surface area contributed by atoms with Crippen LogP contribution >= 0.6 is 0 Å². The van der Waals surface area contributed by atoms with Crippen LogP contribution in [0.25, 0.3) is 0 Å². The fraction of sp³-hybridized carbons (Fsp3) is 0.583. The number of rotatable bonds is 2. The first-order valence-corrected chi connectivity index (χ1v) is 5.48. The Balaban J connectivity index is 2.29. The van der Waals surface area contributed by atoms with Crippen LogP contribution in [-0.4, -0.2) is 22.2 Å². The van der Waals surface area contributed by atoms with Gasteiger partial charge >= 0.3 is 0 Å². The molecule has 3 nitrogen and oxygen atoms in total. The predicted molar refractivity (Wildman–Crippen MR) is 60.8 cm³/mol. The van der Waals surface area contributed by atoms with Crippen molar-refractivity contribution in [1.82, 2.24) is 4.98 Å². The summed E-state index contributed by atoms with van der Waals surface area (Å²) >= 11 is 0. The molecule has 0 aromatic carbocycles. The van der Waals surface area contributed by atoms with Gasteiger partial charge in [0.05, 0.1) is 12.3 Å². The van der Waals surface area contributed by atoms with E-state index in [4.69, 9.17) is 5.11 Å². The van der Waals surface area contributed by atoms with E-state index >= 15 is 0 Å². The van der Waals surface area contributed by atoms with Crippen molar-refractivity contribution in [3.8, 4) is 0 Å². The van der Waals surface area contributed by atoms with Gasteiger partial charge in [0, 0.05) is 12.1 Å². The summed E-state index contributed by atoms with van der Waals surface area (Å²) in [5, 5.41) is 9.05. The monoisotopic (exact) mass is 206 g/mol. The molecule has 1 aromatic rings. The second-order valence-corrected chi connectivity index (χ2v) is 4.71. The molecule has 0 saturated carbocycles. The highest BCUT2D eigenvalue weighted by molar-refractivity contribution is 5.43. The lowest BCUT2D eigenvalue weighted by atomic mass is 10.0. The van der Waals surface area contributed by atoms with Crippen LogP contribution in [0.1, 0.15) is 32.4 Å². The largest absolute Gasteiger partial charge is 0.390 e. The number of nitrogens with zero attached hydrogens (tertiary/aromatic N) is 2. The van der Waals surface area contributed by atoms with Crippen molar-refractivity contribution in [3.63, 3.8) is 0 Å². The molecule has 3 heteroatoms. The molecular weight excluding hydrogens is 188 g/mol. The first-order chi connectivity index (χ1) is 7.13. The second-order valence-electron chi connectivity index (χ2n) is 4.71. The lowest BCUT2D eigenvalue weighted by Gasteiger charge is -2.32. The molecule has 82 valence electrons. The third-order valence-corrected chi connectivity index (χ3v) is 3.13. The van der Waals surface area contributed by atoms with Crippen molar-refractivity contribution in [3.05, 3.63) is 23.9 Å². The third-order valence-electron chi connectivity index (χ3n) is 3.13. The SMILES string of the molecule is CC1(C)CCCN1c1cccc(CO)n1. The molecule has 0 radical (unpaired) electrons. The molecule has 0 amide bonds. The molecule has 0 spiro atoms. The summed E-state index contributed by atoms with van der Waals surface area (Å²) in [6, 6.07) is 5.83. The first kappa shape index (κ1) is 10.4. The average molecular weight is 206 g/mol. The minimum absolute atomic E-state index is 0.0160. The molecule has 1 aromatic heterocycles. The van der Waals surface area contributed by atoms with Crippen molar-refractivity contribution >= 4 is 5.82 Å². The van der Waals surface area contributed by atoms with E-state index in [-0.39, 0.29) is 12.1 Å². The Bertz CT molecular complexity index is 349. The molecular formula is C12H18N2O. The van der Waals surface area contributed by atoms with Crippen molar-refractivity contribution in [2.24, 2.45) is 0 Å². The summed E-state index contributed by atoms with van der Waals surface area (Å²) in [5.41, 5.74) is 0.941. The van der Waals surface area contributed by atoms with Crippen molar-refractivity contribution in [1.29, 1.82) is 0 Å². The molecule has 1 aliphatic heterocycles. The zero-order valence-corrected chi connectivity index (χ0v) is 9.40. The summed E-state index contributed by atoms with van der Waals surface area (Å²) in [5.74, 6) is 0.990. The number of hydrogen-bond acceptors (Lipinski definition) is 3. The van der Waals surface area contributed by atoms with Crippen LogP contribution in [0, 0.1) is 0 Å². The number of anilines is 1. The highest BCUT2D eigenvalue weighted by Crippen LogP contribution is 2.32. The van der Waals surface area contributed by atoms with Gasteiger partial charge in [-0.05, 0) is 38.8 Å². The van der Waals surface area contributed by atoms with Gasteiger partial charge < -0.3 is 10.0 Å². The Morgan fingerprint density at radius 3 is 2.87 bits per heavy atom. The van der Waals surface area contributed by atoms with Gasteiger partial charge in [-0.15, -0.1) is 0 Å². The molecule has 0 unspecified atom stereocenters. The van der Waals surface area contributed by atoms with Gasteiger partial charge in [-0.3, -0.25) is 0 Å². The van der Waals surface area contributed by atoms with E-state index < -0.39 is 0 Å². The van der Waals surface area contributed by atoms with E-state index in [0.717, 1.165) is 18.1 Å². The first-order valence-electron chi connectivity index (χ1n) is 5.48. The quantitative estimate of drug-likeness (QED) is 0.803. The van der Waals surface area contributed by atoms with Crippen LogP contribution in [0.15, 0.2) is 18.2 Å². The molecule has 0 aliphatic carbocycles. The Morgan fingerprint density at radius 1 is 1.47 bits per heavy atom. The number of hydrogen-bond donors (Lipinski definition) is 1. The topological polar surface area (TPSA) is 36.4 Å². The Kier molecular flexibility index (Phi) is 2.65. The van der Waals surface area contributed by atoms with Crippen molar-refractivity contribution in [2.45, 2.75) is 38.8 Å². The van der Waals surface area contributed by atoms with Gasteiger partial charge in [0.2, 0.25) is 0 Å². The molecule has 15 heavy (non-hydrogen) atoms. The van der Waals surface area contributed by atoms with E-state index in [0.29, 0.717) is 0 Å². The molecule has 1 N–H and O–H groups in total. The standard InChI is InChI=1S/C12H18N2O/c1-12(2)7-4-8-14(12)11-6-3-5-10(9-15)13-11/h3,5-6,15H,4,7-9H2,1-2H3. The minimum Gasteiger partial charge on any atom is -0.390 e. The maximum absolute atomic E-state index is 9.05. The number of aromatic nitrogens is 1. The zero-order chi connectivity index (χ0) is 10.9. The smallest absolute Gasteiger partial charge is 0.129 e. The normalized spacial score (nSPS) is 19.5. The highest BCUT2D eigenvalue weighted by Gasteiger charge is 2.32. The average Bonchev–Trinajstić information content (AvgIpc) is 2.58. The van der Waals surface area contributed by atoms with Crippen LogP contribution in [0.4, 0.5) is 5.82 Å². The third kappa shape index (κ3) is 1.97. The molecule has 2 heterocycles. The molecule has 1 fully saturated rings. The fourth-order valence-corrected chi connectivity index (χ4v) is 2.24. The Hall–Kier alpha value is -1.09. The summed E-state index contributed by atoms with van der Waals surface area (Å²) < 4.78 is 0. The van der Waals surface area contributed by atoms with Gasteiger partial charge in [-0.25, -0.2) is 4.98 Å². The van der Waals surface area contributed by atoms with E-state index in [1.807, 2.05) is 18.2 Å². The van der Waals surface area contributed by atoms with Gasteiger partial charge in [-0.1, -0.05) is 6.07 Å². The lowest BCUT2D eigenvalue weighted by Crippen LogP contribution is -2.38. The number of pyridine rings is 1. The second kappa shape index (κ2) is 3.81. The van der Waals surface area contributed by atoms with Crippen molar-refractivity contribution < 1.29 is 5.11 Å². The van der Waals surface area contributed by atoms with Gasteiger partial charge in [0.1, 0.15) is 5.82 Å². The van der Waals surface area contributed by atoms with Crippen molar-refractivity contribution in [2.75, 3.05) is 11.4 Å². The van der Waals surface area contributed by atoms with Crippen LogP contribution in [0.5, 0.6) is 0 Å². The predicted octanol–water partition coefficient (Wildman–Crippen LogP) is 1.95. The van der Waals surface area contributed by atoms with Gasteiger partial charge in [-0.2, -0.15) is 0 Å².